The van der Waals surface area contributed by atoms with E-state index in [1.165, 1.54) is 0 Å². The van der Waals surface area contributed by atoms with Gasteiger partial charge >= 0.3 is 0 Å². The van der Waals surface area contributed by atoms with Crippen molar-refractivity contribution in [1.82, 2.24) is 0 Å². The van der Waals surface area contributed by atoms with Crippen LogP contribution in [-0.4, -0.2) is 10.9 Å². The van der Waals surface area contributed by atoms with E-state index in [0.717, 1.165) is 30.4 Å². The lowest BCUT2D eigenvalue weighted by Crippen LogP contribution is -2.24. The largest absolute Gasteiger partial charge is 0.511 e. The van der Waals surface area contributed by atoms with E-state index in [9.17, 15) is 9.90 Å². The van der Waals surface area contributed by atoms with Crippen molar-refractivity contribution in [3.8, 4) is 11.5 Å². The van der Waals surface area contributed by atoms with Crippen LogP contribution in [0.3, 0.4) is 0 Å². The van der Waals surface area contributed by atoms with Crippen LogP contribution in [0.5, 0.6) is 11.5 Å². The van der Waals surface area contributed by atoms with Gasteiger partial charge in [-0.2, -0.15) is 0 Å². The number of allylic oxidation sites excluding steroid dienone is 2. The Morgan fingerprint density at radius 2 is 1.67 bits per heavy atom. The first-order valence-corrected chi connectivity index (χ1v) is 9.92. The minimum Gasteiger partial charge on any atom is -0.511 e. The zero-order valence-electron chi connectivity index (χ0n) is 15.1. The molecule has 3 aliphatic rings. The van der Waals surface area contributed by atoms with Gasteiger partial charge in [0, 0.05) is 16.9 Å². The minimum absolute atomic E-state index is 0.0148. The maximum Gasteiger partial charge on any atom is 0.170 e. The number of hydrogen-bond donors (Lipinski definition) is 1. The van der Waals surface area contributed by atoms with Crippen LogP contribution in [0.4, 0.5) is 0 Å². The smallest absolute Gasteiger partial charge is 0.170 e. The standard InChI is InChI=1S/C23H21ClO3/c1-12-2-7-17(27-16-8-5-15(24)6-9-16)11-18(12)21-22(25)19-13-3-4-14(10-13)20(19)23(21)26/h2,5-9,11,13-14,19-20,25H,3-4,10H2,1H3/t13-,14+,19-,20+/m0/s1. The molecule has 0 aromatic heterocycles. The van der Waals surface area contributed by atoms with Gasteiger partial charge in [-0.3, -0.25) is 4.79 Å². The van der Waals surface area contributed by atoms with Gasteiger partial charge in [0.1, 0.15) is 17.3 Å². The molecule has 27 heavy (non-hydrogen) atoms. The predicted octanol–water partition coefficient (Wildman–Crippen LogP) is 5.95. The van der Waals surface area contributed by atoms with Crippen molar-refractivity contribution in [2.45, 2.75) is 26.2 Å². The lowest BCUT2D eigenvalue weighted by atomic mass is 9.80. The number of carbonyl (C=O) groups excluding carboxylic acids is 1. The van der Waals surface area contributed by atoms with Crippen molar-refractivity contribution in [1.29, 1.82) is 0 Å². The first kappa shape index (κ1) is 16.9. The summed E-state index contributed by atoms with van der Waals surface area (Å²) < 4.78 is 5.93. The molecule has 1 N–H and O–H groups in total. The van der Waals surface area contributed by atoms with Gasteiger partial charge < -0.3 is 9.84 Å². The molecule has 0 radical (unpaired) electrons. The first-order chi connectivity index (χ1) is 13.0. The van der Waals surface area contributed by atoms with E-state index in [1.54, 1.807) is 24.3 Å². The maximum atomic E-state index is 13.2. The fourth-order valence-corrected chi connectivity index (χ4v) is 5.49. The predicted molar refractivity (Wildman–Crippen MR) is 105 cm³/mol. The van der Waals surface area contributed by atoms with Crippen LogP contribution in [-0.2, 0) is 4.79 Å². The number of hydrogen-bond acceptors (Lipinski definition) is 3. The number of ketones is 1. The molecule has 0 unspecified atom stereocenters. The summed E-state index contributed by atoms with van der Waals surface area (Å²) >= 11 is 5.93. The van der Waals surface area contributed by atoms with Gasteiger partial charge in [-0.05, 0) is 85.5 Å². The van der Waals surface area contributed by atoms with Crippen molar-refractivity contribution in [3.63, 3.8) is 0 Å². The van der Waals surface area contributed by atoms with E-state index < -0.39 is 0 Å². The first-order valence-electron chi connectivity index (χ1n) is 9.54. The van der Waals surface area contributed by atoms with Gasteiger partial charge in [-0.1, -0.05) is 17.7 Å². The summed E-state index contributed by atoms with van der Waals surface area (Å²) in [6, 6.07) is 12.9. The van der Waals surface area contributed by atoms with E-state index in [2.05, 4.69) is 0 Å². The number of benzene rings is 2. The van der Waals surface area contributed by atoms with Gasteiger partial charge in [0.2, 0.25) is 0 Å². The van der Waals surface area contributed by atoms with Crippen LogP contribution < -0.4 is 4.74 Å². The molecule has 3 aliphatic carbocycles. The van der Waals surface area contributed by atoms with Crippen molar-refractivity contribution < 1.29 is 14.6 Å². The molecule has 5 rings (SSSR count). The second kappa shape index (κ2) is 6.13. The average Bonchev–Trinajstić information content (AvgIpc) is 3.33. The number of aryl methyl sites for hydroxylation is 1. The van der Waals surface area contributed by atoms with Crippen LogP contribution in [0.25, 0.3) is 5.57 Å². The zero-order chi connectivity index (χ0) is 18.7. The summed E-state index contributed by atoms with van der Waals surface area (Å²) in [5.74, 6) is 2.69. The molecular weight excluding hydrogens is 360 g/mol. The van der Waals surface area contributed by atoms with Gasteiger partial charge in [0.25, 0.3) is 0 Å². The quantitative estimate of drug-likeness (QED) is 0.715. The highest BCUT2D eigenvalue weighted by Gasteiger charge is 2.57. The summed E-state index contributed by atoms with van der Waals surface area (Å²) in [7, 11) is 0. The molecular formula is C23H21ClO3. The van der Waals surface area contributed by atoms with Crippen LogP contribution in [0.2, 0.25) is 5.02 Å². The fraction of sp³-hybridized carbons (Fsp3) is 0.348. The minimum atomic E-state index is -0.0148. The zero-order valence-corrected chi connectivity index (χ0v) is 15.9. The van der Waals surface area contributed by atoms with Gasteiger partial charge in [-0.25, -0.2) is 0 Å². The highest BCUT2D eigenvalue weighted by atomic mass is 35.5. The number of carbonyl (C=O) groups is 1. The molecule has 0 amide bonds. The Morgan fingerprint density at radius 3 is 2.37 bits per heavy atom. The monoisotopic (exact) mass is 380 g/mol. The molecule has 138 valence electrons. The molecule has 2 fully saturated rings. The summed E-state index contributed by atoms with van der Waals surface area (Å²) in [6.07, 6.45) is 3.35. The molecule has 0 saturated heterocycles. The molecule has 3 nitrogen and oxygen atoms in total. The summed E-state index contributed by atoms with van der Waals surface area (Å²) in [6.45, 7) is 1.97. The topological polar surface area (TPSA) is 46.5 Å². The van der Waals surface area contributed by atoms with E-state index in [1.807, 2.05) is 25.1 Å². The Labute approximate surface area is 163 Å². The third-order valence-electron chi connectivity index (χ3n) is 6.57. The highest BCUT2D eigenvalue weighted by Crippen LogP contribution is 2.60. The fourth-order valence-electron chi connectivity index (χ4n) is 5.36. The number of halogens is 1. The third kappa shape index (κ3) is 2.60. The average molecular weight is 381 g/mol. The molecule has 0 aliphatic heterocycles. The molecule has 0 heterocycles. The van der Waals surface area contributed by atoms with Crippen molar-refractivity contribution >= 4 is 23.0 Å². The Kier molecular flexibility index (Phi) is 3.83. The Hall–Kier alpha value is -2.26. The van der Waals surface area contributed by atoms with E-state index in [-0.39, 0.29) is 17.6 Å². The Balaban J connectivity index is 1.51. The number of ether oxygens (including phenoxy) is 1. The second-order valence-electron chi connectivity index (χ2n) is 8.04. The number of aliphatic hydroxyl groups excluding tert-OH is 1. The Morgan fingerprint density at radius 1 is 1.00 bits per heavy atom. The van der Waals surface area contributed by atoms with Gasteiger partial charge in [-0.15, -0.1) is 0 Å². The highest BCUT2D eigenvalue weighted by molar-refractivity contribution is 6.30. The molecule has 2 aromatic carbocycles. The molecule has 2 saturated carbocycles. The van der Waals surface area contributed by atoms with Crippen LogP contribution in [0.1, 0.15) is 30.4 Å². The van der Waals surface area contributed by atoms with Crippen LogP contribution in [0, 0.1) is 30.6 Å². The summed E-state index contributed by atoms with van der Waals surface area (Å²) in [4.78, 5) is 13.2. The van der Waals surface area contributed by atoms with Crippen LogP contribution in [0.15, 0.2) is 48.2 Å². The maximum absolute atomic E-state index is 13.2. The van der Waals surface area contributed by atoms with Crippen LogP contribution >= 0.6 is 11.6 Å². The van der Waals surface area contributed by atoms with E-state index in [4.69, 9.17) is 16.3 Å². The normalized spacial score (nSPS) is 28.7. The van der Waals surface area contributed by atoms with E-state index >= 15 is 0 Å². The third-order valence-corrected chi connectivity index (χ3v) is 6.82. The number of Topliss-reactive ketones (excluding diaryl/α,β-unsaturated/α-hetero) is 1. The number of fused-ring (bicyclic) bond motifs is 5. The molecule has 0 spiro atoms. The number of aliphatic hydroxyl groups is 1. The SMILES string of the molecule is Cc1ccc(Oc2ccc(Cl)cc2)cc1C1=C(O)[C@H]2[C@H]3CC[C@H](C3)[C@H]2C1=O. The second-order valence-corrected chi connectivity index (χ2v) is 8.48. The molecule has 4 atom stereocenters. The molecule has 4 heteroatoms. The van der Waals surface area contributed by atoms with Crippen molar-refractivity contribution in [2.75, 3.05) is 0 Å². The molecule has 2 bridgehead atoms. The lowest BCUT2D eigenvalue weighted by molar-refractivity contribution is -0.118. The lowest BCUT2D eigenvalue weighted by Gasteiger charge is -2.23. The van der Waals surface area contributed by atoms with E-state index in [0.29, 0.717) is 39.7 Å². The number of rotatable bonds is 3. The Bertz CT molecular complexity index is 960. The summed E-state index contributed by atoms with van der Waals surface area (Å²) in [5, 5.41) is 11.6. The van der Waals surface area contributed by atoms with Gasteiger partial charge in [0.05, 0.1) is 5.57 Å². The van der Waals surface area contributed by atoms with Crippen molar-refractivity contribution in [3.05, 3.63) is 64.4 Å². The van der Waals surface area contributed by atoms with Crippen molar-refractivity contribution in [2.24, 2.45) is 23.7 Å². The van der Waals surface area contributed by atoms with Gasteiger partial charge in [0.15, 0.2) is 5.78 Å². The summed E-state index contributed by atoms with van der Waals surface area (Å²) in [5.41, 5.74) is 2.28. The molecule has 2 aromatic rings.